The summed E-state index contributed by atoms with van der Waals surface area (Å²) in [7, 11) is 0. The fourth-order valence-corrected chi connectivity index (χ4v) is 5.07. The van der Waals surface area contributed by atoms with Gasteiger partial charge in [-0.15, -0.1) is 0 Å². The van der Waals surface area contributed by atoms with Gasteiger partial charge in [0.25, 0.3) is 0 Å². The van der Waals surface area contributed by atoms with Gasteiger partial charge in [0.15, 0.2) is 0 Å². The van der Waals surface area contributed by atoms with Gasteiger partial charge in [0.2, 0.25) is 0 Å². The van der Waals surface area contributed by atoms with Crippen LogP contribution in [0.15, 0.2) is 0 Å². The van der Waals surface area contributed by atoms with E-state index in [1.165, 1.54) is 70.0 Å². The normalized spacial score (nSPS) is 32.3. The van der Waals surface area contributed by atoms with Gasteiger partial charge in [0.1, 0.15) is 0 Å². The first-order valence-electron chi connectivity index (χ1n) is 8.16. The van der Waals surface area contributed by atoms with Crippen LogP contribution < -0.4 is 5.73 Å². The van der Waals surface area contributed by atoms with Gasteiger partial charge in [-0.1, -0.05) is 45.4 Å². The Balaban J connectivity index is 1.63. The summed E-state index contributed by atoms with van der Waals surface area (Å²) in [5.41, 5.74) is 6.43. The molecule has 0 saturated heterocycles. The summed E-state index contributed by atoms with van der Waals surface area (Å²) >= 11 is 2.18. The molecule has 1 atom stereocenters. The molecule has 0 spiro atoms. The lowest BCUT2D eigenvalue weighted by molar-refractivity contribution is 0.247. The van der Waals surface area contributed by atoms with Gasteiger partial charge < -0.3 is 5.73 Å². The molecule has 0 aromatic carbocycles. The van der Waals surface area contributed by atoms with Crippen molar-refractivity contribution in [3.8, 4) is 0 Å². The van der Waals surface area contributed by atoms with Crippen molar-refractivity contribution in [3.63, 3.8) is 0 Å². The van der Waals surface area contributed by atoms with Crippen molar-refractivity contribution in [3.05, 3.63) is 0 Å². The fourth-order valence-electron chi connectivity index (χ4n) is 3.64. The van der Waals surface area contributed by atoms with E-state index in [2.05, 4.69) is 18.7 Å². The van der Waals surface area contributed by atoms with Crippen molar-refractivity contribution in [2.75, 3.05) is 5.75 Å². The van der Waals surface area contributed by atoms with Gasteiger partial charge in [0.05, 0.1) is 0 Å². The summed E-state index contributed by atoms with van der Waals surface area (Å²) in [4.78, 5) is 0. The molecule has 2 N–H and O–H groups in total. The predicted molar refractivity (Wildman–Crippen MR) is 83.0 cm³/mol. The third-order valence-corrected chi connectivity index (χ3v) is 6.67. The van der Waals surface area contributed by atoms with Crippen molar-refractivity contribution in [1.29, 1.82) is 0 Å². The average molecular weight is 269 g/mol. The van der Waals surface area contributed by atoms with E-state index < -0.39 is 0 Å². The molecule has 2 fully saturated rings. The van der Waals surface area contributed by atoms with Crippen LogP contribution >= 0.6 is 11.8 Å². The zero-order valence-electron chi connectivity index (χ0n) is 12.1. The minimum absolute atomic E-state index is 0.467. The SMILES string of the molecule is CCC1CCC(C(N)CSC2CCCCC2)CC1. The second-order valence-corrected chi connectivity index (χ2v) is 7.78. The van der Waals surface area contributed by atoms with E-state index in [1.54, 1.807) is 0 Å². The second kappa shape index (κ2) is 7.79. The Morgan fingerprint density at radius 1 is 1.00 bits per heavy atom. The highest BCUT2D eigenvalue weighted by Gasteiger charge is 2.25. The van der Waals surface area contributed by atoms with Gasteiger partial charge in [-0.25, -0.2) is 0 Å². The van der Waals surface area contributed by atoms with Crippen LogP contribution in [-0.4, -0.2) is 17.0 Å². The highest BCUT2D eigenvalue weighted by molar-refractivity contribution is 7.99. The molecule has 1 unspecified atom stereocenters. The zero-order chi connectivity index (χ0) is 12.8. The Kier molecular flexibility index (Phi) is 6.37. The van der Waals surface area contributed by atoms with Crippen LogP contribution in [0.5, 0.6) is 0 Å². The molecule has 0 heterocycles. The molecule has 106 valence electrons. The Morgan fingerprint density at radius 2 is 1.67 bits per heavy atom. The molecule has 2 saturated carbocycles. The van der Waals surface area contributed by atoms with Gasteiger partial charge in [-0.3, -0.25) is 0 Å². The summed E-state index contributed by atoms with van der Waals surface area (Å²) in [6, 6.07) is 0.467. The highest BCUT2D eigenvalue weighted by atomic mass is 32.2. The van der Waals surface area contributed by atoms with Crippen molar-refractivity contribution in [1.82, 2.24) is 0 Å². The molecule has 2 heteroatoms. The van der Waals surface area contributed by atoms with E-state index in [0.29, 0.717) is 6.04 Å². The molecular formula is C16H31NS. The lowest BCUT2D eigenvalue weighted by atomic mass is 9.78. The molecule has 0 aromatic rings. The number of hydrogen-bond acceptors (Lipinski definition) is 2. The first-order valence-corrected chi connectivity index (χ1v) is 9.21. The molecule has 2 rings (SSSR count). The topological polar surface area (TPSA) is 26.0 Å². The Hall–Kier alpha value is 0.310. The molecule has 18 heavy (non-hydrogen) atoms. The van der Waals surface area contributed by atoms with E-state index in [4.69, 9.17) is 5.73 Å². The Bertz CT molecular complexity index is 217. The van der Waals surface area contributed by atoms with Crippen LogP contribution in [0.2, 0.25) is 0 Å². The number of hydrogen-bond donors (Lipinski definition) is 1. The Labute approximate surface area is 118 Å². The maximum absolute atomic E-state index is 6.43. The molecule has 0 bridgehead atoms. The van der Waals surface area contributed by atoms with Crippen LogP contribution in [0.25, 0.3) is 0 Å². The van der Waals surface area contributed by atoms with E-state index in [-0.39, 0.29) is 0 Å². The standard InChI is InChI=1S/C16H31NS/c1-2-13-8-10-14(11-9-13)16(17)12-18-15-6-4-3-5-7-15/h13-16H,2-12,17H2,1H3. The number of rotatable bonds is 5. The van der Waals surface area contributed by atoms with Crippen molar-refractivity contribution >= 4 is 11.8 Å². The molecular weight excluding hydrogens is 238 g/mol. The number of thioether (sulfide) groups is 1. The van der Waals surface area contributed by atoms with Crippen molar-refractivity contribution in [2.45, 2.75) is 82.4 Å². The first kappa shape index (κ1) is 14.7. The monoisotopic (exact) mass is 269 g/mol. The molecule has 1 nitrogen and oxygen atoms in total. The third-order valence-electron chi connectivity index (χ3n) is 5.15. The Morgan fingerprint density at radius 3 is 2.28 bits per heavy atom. The van der Waals surface area contributed by atoms with E-state index in [0.717, 1.165) is 17.1 Å². The number of nitrogens with two attached hydrogens (primary N) is 1. The van der Waals surface area contributed by atoms with Crippen molar-refractivity contribution in [2.24, 2.45) is 17.6 Å². The molecule has 2 aliphatic carbocycles. The largest absolute Gasteiger partial charge is 0.327 e. The van der Waals surface area contributed by atoms with Gasteiger partial charge in [-0.05, 0) is 37.5 Å². The van der Waals surface area contributed by atoms with Crippen LogP contribution in [-0.2, 0) is 0 Å². The lowest BCUT2D eigenvalue weighted by Crippen LogP contribution is -2.35. The zero-order valence-corrected chi connectivity index (χ0v) is 12.9. The van der Waals surface area contributed by atoms with Gasteiger partial charge in [-0.2, -0.15) is 11.8 Å². The van der Waals surface area contributed by atoms with E-state index in [1.807, 2.05) is 0 Å². The minimum Gasteiger partial charge on any atom is -0.327 e. The summed E-state index contributed by atoms with van der Waals surface area (Å²) in [5.74, 6) is 3.04. The third kappa shape index (κ3) is 4.45. The lowest BCUT2D eigenvalue weighted by Gasteiger charge is -2.32. The first-order chi connectivity index (χ1) is 8.79. The molecule has 0 aromatic heterocycles. The van der Waals surface area contributed by atoms with Crippen LogP contribution in [0, 0.1) is 11.8 Å². The second-order valence-electron chi connectivity index (χ2n) is 6.45. The average Bonchev–Trinajstić information content (AvgIpc) is 2.46. The molecule has 2 aliphatic rings. The van der Waals surface area contributed by atoms with Crippen LogP contribution in [0.3, 0.4) is 0 Å². The predicted octanol–water partition coefficient (Wildman–Crippen LogP) is 4.60. The summed E-state index contributed by atoms with van der Waals surface area (Å²) < 4.78 is 0. The van der Waals surface area contributed by atoms with E-state index >= 15 is 0 Å². The summed E-state index contributed by atoms with van der Waals surface area (Å²) in [5, 5.41) is 0.928. The van der Waals surface area contributed by atoms with E-state index in [9.17, 15) is 0 Å². The highest BCUT2D eigenvalue weighted by Crippen LogP contribution is 2.34. The van der Waals surface area contributed by atoms with Crippen LogP contribution in [0.4, 0.5) is 0 Å². The van der Waals surface area contributed by atoms with Gasteiger partial charge in [0, 0.05) is 17.0 Å². The smallest absolute Gasteiger partial charge is 0.0159 e. The van der Waals surface area contributed by atoms with Crippen LogP contribution in [0.1, 0.15) is 71.1 Å². The summed E-state index contributed by atoms with van der Waals surface area (Å²) in [6.07, 6.45) is 14.3. The molecule has 0 amide bonds. The van der Waals surface area contributed by atoms with Gasteiger partial charge >= 0.3 is 0 Å². The van der Waals surface area contributed by atoms with Crippen molar-refractivity contribution < 1.29 is 0 Å². The minimum atomic E-state index is 0.467. The molecule has 0 aliphatic heterocycles. The summed E-state index contributed by atoms with van der Waals surface area (Å²) in [6.45, 7) is 2.34. The maximum Gasteiger partial charge on any atom is 0.0159 e. The maximum atomic E-state index is 6.43. The fraction of sp³-hybridized carbons (Fsp3) is 1.00. The molecule has 0 radical (unpaired) electrons. The quantitative estimate of drug-likeness (QED) is 0.789.